The number of allylic oxidation sites excluding steroid dienone is 1. The fraction of sp³-hybridized carbons (Fsp3) is 0.429. The van der Waals surface area contributed by atoms with Gasteiger partial charge in [-0.25, -0.2) is 0 Å². The van der Waals surface area contributed by atoms with Gasteiger partial charge in [0.05, 0.1) is 5.54 Å². The fourth-order valence-corrected chi connectivity index (χ4v) is 3.49. The van der Waals surface area contributed by atoms with E-state index >= 15 is 0 Å². The van der Waals surface area contributed by atoms with E-state index in [2.05, 4.69) is 30.1 Å². The summed E-state index contributed by atoms with van der Waals surface area (Å²) in [5.74, 6) is 0.0395. The summed E-state index contributed by atoms with van der Waals surface area (Å²) < 4.78 is 5.92. The molecule has 34 heavy (non-hydrogen) atoms. The number of carbonyl (C=O) groups is 2. The molecule has 0 aliphatic heterocycles. The summed E-state index contributed by atoms with van der Waals surface area (Å²) in [5.41, 5.74) is 8.24. The average Bonchev–Trinajstić information content (AvgIpc) is 2.79. The molecule has 1 atom stereocenters. The van der Waals surface area contributed by atoms with Crippen molar-refractivity contribution in [2.45, 2.75) is 59.6 Å². The van der Waals surface area contributed by atoms with Gasteiger partial charge in [0, 0.05) is 31.1 Å². The number of hydrogen-bond acceptors (Lipinski definition) is 4. The van der Waals surface area contributed by atoms with Crippen LogP contribution in [0.15, 0.2) is 66.2 Å². The van der Waals surface area contributed by atoms with E-state index in [1.165, 1.54) is 5.57 Å². The van der Waals surface area contributed by atoms with Crippen molar-refractivity contribution in [3.8, 4) is 5.75 Å². The van der Waals surface area contributed by atoms with E-state index in [0.29, 0.717) is 19.6 Å². The number of ether oxygens (including phenoxy) is 1. The molecule has 0 aromatic heterocycles. The van der Waals surface area contributed by atoms with Crippen molar-refractivity contribution < 1.29 is 14.3 Å². The zero-order valence-corrected chi connectivity index (χ0v) is 21.1. The minimum absolute atomic E-state index is 0.0788. The zero-order valence-electron chi connectivity index (χ0n) is 21.1. The smallest absolute Gasteiger partial charge is 0.220 e. The number of nitrogens with two attached hydrogens (primary N) is 1. The van der Waals surface area contributed by atoms with Gasteiger partial charge >= 0.3 is 0 Å². The third kappa shape index (κ3) is 9.69. The lowest BCUT2D eigenvalue weighted by Gasteiger charge is -2.34. The highest BCUT2D eigenvalue weighted by Gasteiger charge is 2.24. The number of hydrogen-bond donors (Lipinski definition) is 2. The van der Waals surface area contributed by atoms with E-state index in [0.717, 1.165) is 23.5 Å². The van der Waals surface area contributed by atoms with Crippen molar-refractivity contribution in [3.63, 3.8) is 0 Å². The Balaban J connectivity index is 2.03. The van der Waals surface area contributed by atoms with Crippen molar-refractivity contribution in [3.05, 3.63) is 71.8 Å². The largest absolute Gasteiger partial charge is 0.489 e. The molecule has 1 unspecified atom stereocenters. The van der Waals surface area contributed by atoms with Gasteiger partial charge in [-0.3, -0.25) is 9.59 Å². The first-order valence-corrected chi connectivity index (χ1v) is 11.8. The molecule has 6 heteroatoms. The molecule has 0 saturated carbocycles. The van der Waals surface area contributed by atoms with Gasteiger partial charge in [0.15, 0.2) is 0 Å². The molecule has 0 heterocycles. The molecule has 2 rings (SSSR count). The Morgan fingerprint density at radius 3 is 2.32 bits per heavy atom. The molecule has 2 aromatic rings. The Morgan fingerprint density at radius 1 is 1.09 bits per heavy atom. The maximum Gasteiger partial charge on any atom is 0.220 e. The summed E-state index contributed by atoms with van der Waals surface area (Å²) in [6.45, 7) is 11.8. The molecule has 0 aliphatic carbocycles. The lowest BCUT2D eigenvalue weighted by Crippen LogP contribution is -2.51. The molecule has 0 spiro atoms. The monoisotopic (exact) mass is 465 g/mol. The molecular weight excluding hydrogens is 426 g/mol. The molecule has 2 amide bonds. The molecule has 184 valence electrons. The third-order valence-corrected chi connectivity index (χ3v) is 5.52. The molecule has 3 N–H and O–H groups in total. The van der Waals surface area contributed by atoms with E-state index < -0.39 is 5.54 Å². The van der Waals surface area contributed by atoms with Crippen LogP contribution in [0.5, 0.6) is 5.75 Å². The Bertz CT molecular complexity index is 949. The molecule has 0 bridgehead atoms. The number of carbonyl (C=O) groups excluding carboxylic acids is 2. The molecular formula is C28H39N3O3. The SMILES string of the molecule is CC(C)=CCN(CC(C)(C)NC(=O)CCC(C)C(N)=O)c1ccc(OCc2ccccc2)cc1. The van der Waals surface area contributed by atoms with Crippen LogP contribution in [0.4, 0.5) is 5.69 Å². The molecule has 0 fully saturated rings. The van der Waals surface area contributed by atoms with Crippen LogP contribution >= 0.6 is 0 Å². The number of primary amides is 1. The van der Waals surface area contributed by atoms with E-state index in [-0.39, 0.29) is 24.2 Å². The number of benzene rings is 2. The normalized spacial score (nSPS) is 11.9. The number of nitrogens with one attached hydrogen (secondary N) is 1. The summed E-state index contributed by atoms with van der Waals surface area (Å²) >= 11 is 0. The van der Waals surface area contributed by atoms with Gasteiger partial charge < -0.3 is 20.7 Å². The van der Waals surface area contributed by atoms with Gasteiger partial charge in [0.1, 0.15) is 12.4 Å². The van der Waals surface area contributed by atoms with E-state index in [9.17, 15) is 9.59 Å². The number of amides is 2. The minimum Gasteiger partial charge on any atom is -0.489 e. The summed E-state index contributed by atoms with van der Waals surface area (Å²) in [4.78, 5) is 26.0. The van der Waals surface area contributed by atoms with Crippen LogP contribution in [0, 0.1) is 5.92 Å². The highest BCUT2D eigenvalue weighted by atomic mass is 16.5. The van der Waals surface area contributed by atoms with Gasteiger partial charge in [-0.2, -0.15) is 0 Å². The first kappa shape index (κ1) is 27.0. The van der Waals surface area contributed by atoms with Gasteiger partial charge in [-0.05, 0) is 63.9 Å². The standard InChI is InChI=1S/C28H39N3O3/c1-21(2)17-18-31(20-28(4,5)30-26(32)16-11-22(3)27(29)33)24-12-14-25(15-13-24)34-19-23-9-7-6-8-10-23/h6-10,12-15,17,22H,11,16,18-20H2,1-5H3,(H2,29,33)(H,30,32). The predicted octanol–water partition coefficient (Wildman–Crippen LogP) is 4.83. The van der Waals surface area contributed by atoms with Crippen LogP contribution < -0.4 is 20.7 Å². The number of anilines is 1. The van der Waals surface area contributed by atoms with Crippen LogP contribution in [0.1, 0.15) is 53.0 Å². The summed E-state index contributed by atoms with van der Waals surface area (Å²) in [5, 5.41) is 3.11. The molecule has 0 aliphatic rings. The quantitative estimate of drug-likeness (QED) is 0.415. The Kier molecular flexibility index (Phi) is 10.2. The lowest BCUT2D eigenvalue weighted by atomic mass is 10.0. The molecule has 6 nitrogen and oxygen atoms in total. The molecule has 0 radical (unpaired) electrons. The maximum atomic E-state index is 12.5. The van der Waals surface area contributed by atoms with Crippen molar-refractivity contribution in [2.75, 3.05) is 18.0 Å². The van der Waals surface area contributed by atoms with Crippen LogP contribution in [0.2, 0.25) is 0 Å². The predicted molar refractivity (Wildman–Crippen MR) is 139 cm³/mol. The second kappa shape index (κ2) is 12.8. The Hall–Kier alpha value is -3.28. The lowest BCUT2D eigenvalue weighted by molar-refractivity contribution is -0.124. The van der Waals surface area contributed by atoms with Crippen molar-refractivity contribution in [1.82, 2.24) is 5.32 Å². The summed E-state index contributed by atoms with van der Waals surface area (Å²) in [7, 11) is 0. The summed E-state index contributed by atoms with van der Waals surface area (Å²) in [6, 6.07) is 18.1. The number of rotatable bonds is 13. The average molecular weight is 466 g/mol. The van der Waals surface area contributed by atoms with Crippen LogP contribution in [0.3, 0.4) is 0 Å². The summed E-state index contributed by atoms with van der Waals surface area (Å²) in [6.07, 6.45) is 2.89. The van der Waals surface area contributed by atoms with Crippen LogP contribution in [-0.2, 0) is 16.2 Å². The Morgan fingerprint density at radius 2 is 1.74 bits per heavy atom. The highest BCUT2D eigenvalue weighted by Crippen LogP contribution is 2.22. The van der Waals surface area contributed by atoms with Crippen molar-refractivity contribution in [2.24, 2.45) is 11.7 Å². The van der Waals surface area contributed by atoms with E-state index in [4.69, 9.17) is 10.5 Å². The second-order valence-electron chi connectivity index (χ2n) is 9.70. The molecule has 2 aromatic carbocycles. The second-order valence-corrected chi connectivity index (χ2v) is 9.70. The van der Waals surface area contributed by atoms with Crippen LogP contribution in [-0.4, -0.2) is 30.4 Å². The van der Waals surface area contributed by atoms with E-state index in [1.807, 2.05) is 68.4 Å². The molecule has 0 saturated heterocycles. The van der Waals surface area contributed by atoms with Gasteiger partial charge in [0.25, 0.3) is 0 Å². The fourth-order valence-electron chi connectivity index (χ4n) is 3.49. The topological polar surface area (TPSA) is 84.7 Å². The highest BCUT2D eigenvalue weighted by molar-refractivity contribution is 5.79. The number of nitrogens with zero attached hydrogens (tertiary/aromatic N) is 1. The third-order valence-electron chi connectivity index (χ3n) is 5.52. The Labute approximate surface area is 204 Å². The minimum atomic E-state index is -0.467. The van der Waals surface area contributed by atoms with Gasteiger partial charge in [-0.15, -0.1) is 0 Å². The van der Waals surface area contributed by atoms with Crippen LogP contribution in [0.25, 0.3) is 0 Å². The first-order chi connectivity index (χ1) is 16.1. The van der Waals surface area contributed by atoms with Crippen molar-refractivity contribution in [1.29, 1.82) is 0 Å². The zero-order chi connectivity index (χ0) is 25.1. The van der Waals surface area contributed by atoms with E-state index in [1.54, 1.807) is 6.92 Å². The van der Waals surface area contributed by atoms with Gasteiger partial charge in [0.2, 0.25) is 11.8 Å². The maximum absolute atomic E-state index is 12.5. The van der Waals surface area contributed by atoms with Gasteiger partial charge in [-0.1, -0.05) is 48.9 Å². The van der Waals surface area contributed by atoms with Crippen molar-refractivity contribution >= 4 is 17.5 Å². The first-order valence-electron chi connectivity index (χ1n) is 11.8.